The van der Waals surface area contributed by atoms with Gasteiger partial charge in [-0.25, -0.2) is 0 Å². The van der Waals surface area contributed by atoms with E-state index in [2.05, 4.69) is 0 Å². The molecular weight excluding hydrogens is 214 g/mol. The van der Waals surface area contributed by atoms with E-state index >= 15 is 0 Å². The lowest BCUT2D eigenvalue weighted by Gasteiger charge is -2.28. The molecule has 0 saturated heterocycles. The van der Waals surface area contributed by atoms with Crippen LogP contribution in [0.2, 0.25) is 0 Å². The van der Waals surface area contributed by atoms with Crippen molar-refractivity contribution in [2.45, 2.75) is 44.8 Å². The number of rotatable bonds is 4. The maximum absolute atomic E-state index is 6.07. The molecule has 3 heteroatoms. The van der Waals surface area contributed by atoms with Crippen LogP contribution in [0.1, 0.15) is 38.7 Å². The molecule has 1 aliphatic carbocycles. The summed E-state index contributed by atoms with van der Waals surface area (Å²) in [6, 6.07) is 5.94. The molecule has 3 nitrogen and oxygen atoms in total. The summed E-state index contributed by atoms with van der Waals surface area (Å²) in [6.45, 7) is 3.96. The summed E-state index contributed by atoms with van der Waals surface area (Å²) in [4.78, 5) is 0. The van der Waals surface area contributed by atoms with E-state index < -0.39 is 0 Å². The first-order chi connectivity index (χ1) is 8.00. The Bertz CT molecular complexity index is 392. The summed E-state index contributed by atoms with van der Waals surface area (Å²) in [5.74, 6) is 1.60. The third-order valence-corrected chi connectivity index (χ3v) is 3.25. The summed E-state index contributed by atoms with van der Waals surface area (Å²) >= 11 is 0. The second kappa shape index (κ2) is 4.57. The highest BCUT2D eigenvalue weighted by Crippen LogP contribution is 2.34. The normalized spacial score (nSPS) is 16.5. The van der Waals surface area contributed by atoms with Gasteiger partial charge in [0, 0.05) is 5.54 Å². The molecule has 17 heavy (non-hydrogen) atoms. The summed E-state index contributed by atoms with van der Waals surface area (Å²) in [5.41, 5.74) is 6.77. The Hall–Kier alpha value is -1.22. The Morgan fingerprint density at radius 2 is 1.94 bits per heavy atom. The average Bonchev–Trinajstić information content (AvgIpc) is 2.22. The average molecular weight is 235 g/mol. The molecule has 1 aliphatic rings. The van der Waals surface area contributed by atoms with Crippen LogP contribution < -0.4 is 15.2 Å². The lowest BCUT2D eigenvalue weighted by atomic mass is 9.94. The van der Waals surface area contributed by atoms with Crippen molar-refractivity contribution in [3.63, 3.8) is 0 Å². The lowest BCUT2D eigenvalue weighted by molar-refractivity contribution is 0.116. The van der Waals surface area contributed by atoms with E-state index in [9.17, 15) is 0 Å². The topological polar surface area (TPSA) is 44.5 Å². The van der Waals surface area contributed by atoms with Gasteiger partial charge in [0.15, 0.2) is 11.5 Å². The third kappa shape index (κ3) is 2.72. The fraction of sp³-hybridized carbons (Fsp3) is 0.571. The fourth-order valence-corrected chi connectivity index (χ4v) is 1.83. The molecule has 0 aromatic heterocycles. The van der Waals surface area contributed by atoms with Gasteiger partial charge in [0.25, 0.3) is 0 Å². The van der Waals surface area contributed by atoms with Crippen molar-refractivity contribution in [2.75, 3.05) is 7.11 Å². The largest absolute Gasteiger partial charge is 0.493 e. The first-order valence-corrected chi connectivity index (χ1v) is 6.15. The van der Waals surface area contributed by atoms with E-state index in [4.69, 9.17) is 15.2 Å². The molecule has 1 saturated carbocycles. The number of benzene rings is 1. The highest BCUT2D eigenvalue weighted by Gasteiger charge is 2.22. The van der Waals surface area contributed by atoms with Gasteiger partial charge < -0.3 is 15.2 Å². The molecule has 0 aliphatic heterocycles. The first kappa shape index (κ1) is 12.2. The lowest BCUT2D eigenvalue weighted by Crippen LogP contribution is -2.29. The van der Waals surface area contributed by atoms with Gasteiger partial charge in [0.1, 0.15) is 0 Å². The van der Waals surface area contributed by atoms with E-state index in [0.717, 1.165) is 29.9 Å². The SMILES string of the molecule is COc1cc(C(C)(C)N)ccc1OC1CCC1. The van der Waals surface area contributed by atoms with E-state index in [1.165, 1.54) is 6.42 Å². The molecule has 0 heterocycles. The quantitative estimate of drug-likeness (QED) is 0.872. The molecule has 0 bridgehead atoms. The number of methoxy groups -OCH3 is 1. The maximum atomic E-state index is 6.07. The molecule has 0 spiro atoms. The second-order valence-corrected chi connectivity index (χ2v) is 5.26. The van der Waals surface area contributed by atoms with Crippen LogP contribution in [0.5, 0.6) is 11.5 Å². The van der Waals surface area contributed by atoms with Crippen LogP contribution >= 0.6 is 0 Å². The Morgan fingerprint density at radius 3 is 2.41 bits per heavy atom. The Balaban J connectivity index is 2.21. The number of ether oxygens (including phenoxy) is 2. The van der Waals surface area contributed by atoms with Gasteiger partial charge in [-0.15, -0.1) is 0 Å². The van der Waals surface area contributed by atoms with Gasteiger partial charge in [-0.3, -0.25) is 0 Å². The molecule has 94 valence electrons. The van der Waals surface area contributed by atoms with Gasteiger partial charge in [-0.05, 0) is 50.8 Å². The van der Waals surface area contributed by atoms with Gasteiger partial charge in [-0.2, -0.15) is 0 Å². The van der Waals surface area contributed by atoms with Crippen LogP contribution in [0.25, 0.3) is 0 Å². The zero-order valence-electron chi connectivity index (χ0n) is 10.8. The summed E-state index contributed by atoms with van der Waals surface area (Å²) in [6.07, 6.45) is 3.92. The maximum Gasteiger partial charge on any atom is 0.161 e. The minimum Gasteiger partial charge on any atom is -0.493 e. The first-order valence-electron chi connectivity index (χ1n) is 6.15. The van der Waals surface area contributed by atoms with Crippen molar-refractivity contribution in [3.8, 4) is 11.5 Å². The molecule has 0 radical (unpaired) electrons. The van der Waals surface area contributed by atoms with Crippen LogP contribution in [-0.4, -0.2) is 13.2 Å². The fourth-order valence-electron chi connectivity index (χ4n) is 1.83. The zero-order chi connectivity index (χ0) is 12.5. The summed E-state index contributed by atoms with van der Waals surface area (Å²) in [5, 5.41) is 0. The highest BCUT2D eigenvalue weighted by atomic mass is 16.5. The number of hydrogen-bond donors (Lipinski definition) is 1. The molecular formula is C14H21NO2. The van der Waals surface area contributed by atoms with Crippen LogP contribution in [0.3, 0.4) is 0 Å². The molecule has 1 aromatic rings. The van der Waals surface area contributed by atoms with Crippen molar-refractivity contribution >= 4 is 0 Å². The predicted molar refractivity (Wildman–Crippen MR) is 68.5 cm³/mol. The van der Waals surface area contributed by atoms with E-state index in [-0.39, 0.29) is 5.54 Å². The van der Waals surface area contributed by atoms with Crippen molar-refractivity contribution in [2.24, 2.45) is 5.73 Å². The monoisotopic (exact) mass is 235 g/mol. The minimum atomic E-state index is -0.359. The smallest absolute Gasteiger partial charge is 0.161 e. The second-order valence-electron chi connectivity index (χ2n) is 5.26. The van der Waals surface area contributed by atoms with Gasteiger partial charge in [-0.1, -0.05) is 6.07 Å². The molecule has 1 fully saturated rings. The molecule has 1 aromatic carbocycles. The molecule has 2 N–H and O–H groups in total. The summed E-state index contributed by atoms with van der Waals surface area (Å²) in [7, 11) is 1.66. The molecule has 0 amide bonds. The van der Waals surface area contributed by atoms with Crippen molar-refractivity contribution in [3.05, 3.63) is 23.8 Å². The van der Waals surface area contributed by atoms with Crippen molar-refractivity contribution < 1.29 is 9.47 Å². The zero-order valence-corrected chi connectivity index (χ0v) is 10.8. The Kier molecular flexibility index (Phi) is 3.29. The Labute approximate surface area is 103 Å². The van der Waals surface area contributed by atoms with E-state index in [1.54, 1.807) is 7.11 Å². The third-order valence-electron chi connectivity index (χ3n) is 3.25. The van der Waals surface area contributed by atoms with Gasteiger partial charge in [0.05, 0.1) is 13.2 Å². The Morgan fingerprint density at radius 1 is 1.24 bits per heavy atom. The van der Waals surface area contributed by atoms with Crippen molar-refractivity contribution in [1.29, 1.82) is 0 Å². The van der Waals surface area contributed by atoms with E-state index in [1.807, 2.05) is 32.0 Å². The summed E-state index contributed by atoms with van der Waals surface area (Å²) < 4.78 is 11.2. The van der Waals surface area contributed by atoms with Gasteiger partial charge in [0.2, 0.25) is 0 Å². The van der Waals surface area contributed by atoms with Crippen LogP contribution in [0.4, 0.5) is 0 Å². The standard InChI is InChI=1S/C14H21NO2/c1-14(2,15)10-7-8-12(13(9-10)16-3)17-11-5-4-6-11/h7-9,11H,4-6,15H2,1-3H3. The molecule has 2 rings (SSSR count). The number of hydrogen-bond acceptors (Lipinski definition) is 3. The molecule has 0 unspecified atom stereocenters. The van der Waals surface area contributed by atoms with E-state index in [0.29, 0.717) is 6.10 Å². The highest BCUT2D eigenvalue weighted by molar-refractivity contribution is 5.44. The van der Waals surface area contributed by atoms with Crippen LogP contribution in [-0.2, 0) is 5.54 Å². The number of nitrogens with two attached hydrogens (primary N) is 1. The van der Waals surface area contributed by atoms with Crippen LogP contribution in [0.15, 0.2) is 18.2 Å². The van der Waals surface area contributed by atoms with Crippen molar-refractivity contribution in [1.82, 2.24) is 0 Å². The predicted octanol–water partition coefficient (Wildman–Crippen LogP) is 2.82. The molecule has 0 atom stereocenters. The van der Waals surface area contributed by atoms with Gasteiger partial charge >= 0.3 is 0 Å². The van der Waals surface area contributed by atoms with Crippen LogP contribution in [0, 0.1) is 0 Å². The minimum absolute atomic E-state index is 0.359.